The number of piperidine rings is 1. The average molecular weight is 277 g/mol. The number of benzene rings is 1. The van der Waals surface area contributed by atoms with Crippen LogP contribution < -0.4 is 11.1 Å². The summed E-state index contributed by atoms with van der Waals surface area (Å²) in [6, 6.07) is 5.50. The molecule has 2 rings (SSSR count). The molecule has 1 heterocycles. The largest absolute Gasteiger partial charge is 0.478 e. The molecule has 1 aliphatic heterocycles. The van der Waals surface area contributed by atoms with Crippen LogP contribution in [0.3, 0.4) is 0 Å². The number of anilines is 2. The second-order valence-electron chi connectivity index (χ2n) is 5.43. The molecule has 1 saturated heterocycles. The molecule has 1 aromatic carbocycles. The topological polar surface area (TPSA) is 78.6 Å². The lowest BCUT2D eigenvalue weighted by Gasteiger charge is -2.32. The fourth-order valence-corrected chi connectivity index (χ4v) is 2.61. The van der Waals surface area contributed by atoms with Gasteiger partial charge >= 0.3 is 5.97 Å². The maximum Gasteiger partial charge on any atom is 0.337 e. The molecule has 5 heteroatoms. The van der Waals surface area contributed by atoms with E-state index < -0.39 is 5.97 Å². The van der Waals surface area contributed by atoms with Gasteiger partial charge in [-0.15, -0.1) is 0 Å². The number of carboxylic acid groups (broad SMARTS) is 1. The van der Waals surface area contributed by atoms with Gasteiger partial charge in [-0.05, 0) is 51.1 Å². The maximum absolute atomic E-state index is 11.0. The molecule has 0 radical (unpaired) electrons. The standard InChI is InChI=1S/C15H23N3O2/c1-11(18-7-3-2-4-8-18)10-17-12-5-6-14(16)13(9-12)15(19)20/h5-6,9,11,17H,2-4,7-8,10,16H2,1H3,(H,19,20). The van der Waals surface area contributed by atoms with Crippen molar-refractivity contribution in [3.8, 4) is 0 Å². The molecule has 1 unspecified atom stereocenters. The number of nitrogens with zero attached hydrogens (tertiary/aromatic N) is 1. The average Bonchev–Trinajstić information content (AvgIpc) is 2.46. The Labute approximate surface area is 119 Å². The zero-order chi connectivity index (χ0) is 14.5. The van der Waals surface area contributed by atoms with Crippen LogP contribution in [0.25, 0.3) is 0 Å². The van der Waals surface area contributed by atoms with Crippen LogP contribution in [-0.2, 0) is 0 Å². The third kappa shape index (κ3) is 3.63. The van der Waals surface area contributed by atoms with E-state index in [0.717, 1.165) is 25.3 Å². The van der Waals surface area contributed by atoms with Crippen LogP contribution in [0.2, 0.25) is 0 Å². The monoisotopic (exact) mass is 277 g/mol. The summed E-state index contributed by atoms with van der Waals surface area (Å²) in [5, 5.41) is 12.4. The first kappa shape index (κ1) is 14.7. The van der Waals surface area contributed by atoms with E-state index in [0.29, 0.717) is 11.7 Å². The first-order chi connectivity index (χ1) is 9.58. The molecular formula is C15H23N3O2. The molecule has 0 aromatic heterocycles. The molecular weight excluding hydrogens is 254 g/mol. The summed E-state index contributed by atoms with van der Waals surface area (Å²) in [6.45, 7) is 5.33. The molecule has 1 aliphatic rings. The van der Waals surface area contributed by atoms with Crippen LogP contribution in [0.1, 0.15) is 36.5 Å². The first-order valence-electron chi connectivity index (χ1n) is 7.18. The Morgan fingerprint density at radius 1 is 1.40 bits per heavy atom. The van der Waals surface area contributed by atoms with E-state index in [4.69, 9.17) is 10.8 Å². The number of nitrogen functional groups attached to an aromatic ring is 1. The highest BCUT2D eigenvalue weighted by atomic mass is 16.4. The molecule has 0 spiro atoms. The van der Waals surface area contributed by atoms with Crippen LogP contribution in [0.5, 0.6) is 0 Å². The number of hydrogen-bond acceptors (Lipinski definition) is 4. The zero-order valence-corrected chi connectivity index (χ0v) is 11.9. The lowest BCUT2D eigenvalue weighted by atomic mass is 10.1. The first-order valence-corrected chi connectivity index (χ1v) is 7.18. The van der Waals surface area contributed by atoms with Crippen molar-refractivity contribution in [1.29, 1.82) is 0 Å². The quantitative estimate of drug-likeness (QED) is 0.719. The summed E-state index contributed by atoms with van der Waals surface area (Å²) in [5.41, 5.74) is 6.90. The third-order valence-corrected chi connectivity index (χ3v) is 3.90. The lowest BCUT2D eigenvalue weighted by molar-refractivity contribution is 0.0698. The van der Waals surface area contributed by atoms with Crippen molar-refractivity contribution in [3.63, 3.8) is 0 Å². The minimum atomic E-state index is -0.991. The summed E-state index contributed by atoms with van der Waals surface area (Å²) in [7, 11) is 0. The van der Waals surface area contributed by atoms with Gasteiger partial charge in [0.15, 0.2) is 0 Å². The van der Waals surface area contributed by atoms with Crippen molar-refractivity contribution in [1.82, 2.24) is 4.90 Å². The molecule has 0 bridgehead atoms. The molecule has 1 aromatic rings. The number of nitrogens with one attached hydrogen (secondary N) is 1. The van der Waals surface area contributed by atoms with E-state index in [-0.39, 0.29) is 5.56 Å². The van der Waals surface area contributed by atoms with E-state index in [1.807, 2.05) is 6.07 Å². The van der Waals surface area contributed by atoms with Crippen LogP contribution in [-0.4, -0.2) is 41.7 Å². The molecule has 110 valence electrons. The van der Waals surface area contributed by atoms with Crippen molar-refractivity contribution >= 4 is 17.3 Å². The minimum absolute atomic E-state index is 0.153. The number of rotatable bonds is 5. The van der Waals surface area contributed by atoms with Gasteiger partial charge in [0.2, 0.25) is 0 Å². The zero-order valence-electron chi connectivity index (χ0n) is 11.9. The molecule has 0 saturated carbocycles. The van der Waals surface area contributed by atoms with E-state index >= 15 is 0 Å². The summed E-state index contributed by atoms with van der Waals surface area (Å²) < 4.78 is 0. The number of carboxylic acids is 1. The van der Waals surface area contributed by atoms with Crippen LogP contribution >= 0.6 is 0 Å². The van der Waals surface area contributed by atoms with Crippen molar-refractivity contribution in [2.45, 2.75) is 32.2 Å². The summed E-state index contributed by atoms with van der Waals surface area (Å²) in [6.07, 6.45) is 3.88. The fourth-order valence-electron chi connectivity index (χ4n) is 2.61. The molecule has 1 atom stereocenters. The summed E-state index contributed by atoms with van der Waals surface area (Å²) in [5.74, 6) is -0.991. The minimum Gasteiger partial charge on any atom is -0.478 e. The SMILES string of the molecule is CC(CNc1ccc(N)c(C(=O)O)c1)N1CCCCC1. The lowest BCUT2D eigenvalue weighted by Crippen LogP contribution is -2.41. The Bertz CT molecular complexity index is 470. The molecule has 4 N–H and O–H groups in total. The second-order valence-corrected chi connectivity index (χ2v) is 5.43. The molecule has 1 fully saturated rings. The Morgan fingerprint density at radius 2 is 2.10 bits per heavy atom. The van der Waals surface area contributed by atoms with E-state index in [2.05, 4.69) is 17.1 Å². The molecule has 0 amide bonds. The van der Waals surface area contributed by atoms with Crippen molar-refractivity contribution < 1.29 is 9.90 Å². The van der Waals surface area contributed by atoms with Gasteiger partial charge in [-0.25, -0.2) is 4.79 Å². The van der Waals surface area contributed by atoms with Gasteiger partial charge in [-0.1, -0.05) is 6.42 Å². The van der Waals surface area contributed by atoms with E-state index in [9.17, 15) is 4.79 Å². The van der Waals surface area contributed by atoms with Gasteiger partial charge in [-0.2, -0.15) is 0 Å². The van der Waals surface area contributed by atoms with Crippen LogP contribution in [0.15, 0.2) is 18.2 Å². The Kier molecular flexibility index (Phi) is 4.84. The number of hydrogen-bond donors (Lipinski definition) is 3. The van der Waals surface area contributed by atoms with Crippen LogP contribution in [0, 0.1) is 0 Å². The third-order valence-electron chi connectivity index (χ3n) is 3.90. The molecule has 5 nitrogen and oxygen atoms in total. The van der Waals surface area contributed by atoms with Gasteiger partial charge < -0.3 is 16.2 Å². The molecule has 0 aliphatic carbocycles. The summed E-state index contributed by atoms with van der Waals surface area (Å²) >= 11 is 0. The van der Waals surface area contributed by atoms with Crippen LogP contribution in [0.4, 0.5) is 11.4 Å². The molecule has 20 heavy (non-hydrogen) atoms. The highest BCUT2D eigenvalue weighted by Gasteiger charge is 2.16. The van der Waals surface area contributed by atoms with Gasteiger partial charge in [0.25, 0.3) is 0 Å². The number of aromatic carboxylic acids is 1. The Hall–Kier alpha value is -1.75. The number of likely N-dealkylation sites (tertiary alicyclic amines) is 1. The van der Waals surface area contributed by atoms with E-state index in [1.165, 1.54) is 19.3 Å². The Morgan fingerprint density at radius 3 is 2.75 bits per heavy atom. The highest BCUT2D eigenvalue weighted by Crippen LogP contribution is 2.18. The fraction of sp³-hybridized carbons (Fsp3) is 0.533. The van der Waals surface area contributed by atoms with Crippen molar-refractivity contribution in [3.05, 3.63) is 23.8 Å². The smallest absolute Gasteiger partial charge is 0.337 e. The maximum atomic E-state index is 11.0. The highest BCUT2D eigenvalue weighted by molar-refractivity contribution is 5.94. The summed E-state index contributed by atoms with van der Waals surface area (Å²) in [4.78, 5) is 13.5. The normalized spacial score (nSPS) is 17.6. The predicted molar refractivity (Wildman–Crippen MR) is 81.2 cm³/mol. The van der Waals surface area contributed by atoms with Crippen molar-refractivity contribution in [2.75, 3.05) is 30.7 Å². The predicted octanol–water partition coefficient (Wildman–Crippen LogP) is 2.25. The number of nitrogens with two attached hydrogens (primary N) is 1. The van der Waals surface area contributed by atoms with Gasteiger partial charge in [-0.3, -0.25) is 4.90 Å². The second kappa shape index (κ2) is 6.61. The van der Waals surface area contributed by atoms with Gasteiger partial charge in [0, 0.05) is 24.0 Å². The Balaban J connectivity index is 1.93. The van der Waals surface area contributed by atoms with Gasteiger partial charge in [0.05, 0.1) is 5.56 Å². The number of carbonyl (C=O) groups is 1. The van der Waals surface area contributed by atoms with Crippen molar-refractivity contribution in [2.24, 2.45) is 0 Å². The van der Waals surface area contributed by atoms with Gasteiger partial charge in [0.1, 0.15) is 0 Å². The van der Waals surface area contributed by atoms with E-state index in [1.54, 1.807) is 12.1 Å².